The molecule has 2 rings (SSSR count). The summed E-state index contributed by atoms with van der Waals surface area (Å²) in [5, 5.41) is 0. The number of rotatable bonds is 12. The van der Waals surface area contributed by atoms with E-state index in [2.05, 4.69) is 0 Å². The van der Waals surface area contributed by atoms with Gasteiger partial charge in [-0.3, -0.25) is 4.79 Å². The van der Waals surface area contributed by atoms with Crippen molar-refractivity contribution in [2.45, 2.75) is 121 Å². The Morgan fingerprint density at radius 1 is 0.792 bits per heavy atom. The molecule has 2 fully saturated rings. The van der Waals surface area contributed by atoms with E-state index in [4.69, 9.17) is 4.74 Å². The molecule has 3 heteroatoms. The van der Waals surface area contributed by atoms with Gasteiger partial charge in [-0.2, -0.15) is 0 Å². The van der Waals surface area contributed by atoms with Crippen LogP contribution in [-0.4, -0.2) is 19.3 Å². The Hall–Kier alpha value is -0.465. The molecule has 2 nitrogen and oxygen atoms in total. The molecule has 2 saturated heterocycles. The zero-order valence-corrected chi connectivity index (χ0v) is 16.1. The first-order valence-corrected chi connectivity index (χ1v) is 10.9. The standard InChI is InChI=1S/C21H39BO2/c1-19(23)24-18-10-8-6-4-2-3-5-7-9-17-22-20-13-11-14-21(22)16-12-15-20/h20-21H,2-18H2,1H3. The molecule has 2 heterocycles. The summed E-state index contributed by atoms with van der Waals surface area (Å²) in [6.45, 7) is 3.20. The summed E-state index contributed by atoms with van der Waals surface area (Å²) in [5.74, 6) is 2.06. The van der Waals surface area contributed by atoms with Crippen LogP contribution in [0.4, 0.5) is 0 Å². The number of esters is 1. The minimum Gasteiger partial charge on any atom is -0.466 e. The number of fused-ring (bicyclic) bond motifs is 2. The Morgan fingerprint density at radius 2 is 1.25 bits per heavy atom. The fourth-order valence-electron chi connectivity index (χ4n) is 5.22. The van der Waals surface area contributed by atoms with Crippen LogP contribution >= 0.6 is 0 Å². The third-order valence-corrected chi connectivity index (χ3v) is 6.50. The van der Waals surface area contributed by atoms with Crippen molar-refractivity contribution in [3.63, 3.8) is 0 Å². The van der Waals surface area contributed by atoms with Crippen molar-refractivity contribution in [1.82, 2.24) is 0 Å². The predicted octanol–water partition coefficient (Wildman–Crippen LogP) is 6.66. The Morgan fingerprint density at radius 3 is 1.75 bits per heavy atom. The highest BCUT2D eigenvalue weighted by Crippen LogP contribution is 2.48. The second-order valence-corrected chi connectivity index (χ2v) is 8.36. The molecule has 2 aliphatic rings. The van der Waals surface area contributed by atoms with Gasteiger partial charge in [0, 0.05) is 6.92 Å². The van der Waals surface area contributed by atoms with Crippen molar-refractivity contribution in [2.75, 3.05) is 6.61 Å². The maximum absolute atomic E-state index is 10.6. The van der Waals surface area contributed by atoms with Gasteiger partial charge in [0.25, 0.3) is 0 Å². The van der Waals surface area contributed by atoms with Gasteiger partial charge in [-0.25, -0.2) is 0 Å². The monoisotopic (exact) mass is 334 g/mol. The Bertz CT molecular complexity index is 323. The van der Waals surface area contributed by atoms with Gasteiger partial charge in [0.1, 0.15) is 6.71 Å². The second kappa shape index (κ2) is 12.0. The zero-order valence-electron chi connectivity index (χ0n) is 16.1. The minimum absolute atomic E-state index is 0.146. The first kappa shape index (κ1) is 19.9. The van der Waals surface area contributed by atoms with Crippen molar-refractivity contribution in [2.24, 2.45) is 0 Å². The summed E-state index contributed by atoms with van der Waals surface area (Å²) >= 11 is 0. The number of unbranched alkanes of at least 4 members (excludes halogenated alkanes) is 8. The first-order chi connectivity index (χ1) is 11.8. The van der Waals surface area contributed by atoms with Gasteiger partial charge >= 0.3 is 5.97 Å². The number of carbonyl (C=O) groups is 1. The van der Waals surface area contributed by atoms with Gasteiger partial charge in [0.05, 0.1) is 6.61 Å². The van der Waals surface area contributed by atoms with Crippen LogP contribution in [0.25, 0.3) is 0 Å². The highest BCUT2D eigenvalue weighted by atomic mass is 16.5. The highest BCUT2D eigenvalue weighted by Gasteiger charge is 2.37. The molecule has 0 aromatic rings. The molecule has 0 N–H and O–H groups in total. The van der Waals surface area contributed by atoms with Crippen LogP contribution in [-0.2, 0) is 9.53 Å². The van der Waals surface area contributed by atoms with Crippen LogP contribution in [0.15, 0.2) is 0 Å². The van der Waals surface area contributed by atoms with E-state index in [-0.39, 0.29) is 5.97 Å². The van der Waals surface area contributed by atoms with Gasteiger partial charge in [0.15, 0.2) is 0 Å². The summed E-state index contributed by atoms with van der Waals surface area (Å²) in [4.78, 5) is 10.6. The van der Waals surface area contributed by atoms with E-state index in [0.717, 1.165) is 24.8 Å². The number of hydrogen-bond acceptors (Lipinski definition) is 2. The van der Waals surface area contributed by atoms with Crippen LogP contribution in [0.1, 0.15) is 103 Å². The highest BCUT2D eigenvalue weighted by molar-refractivity contribution is 6.62. The van der Waals surface area contributed by atoms with Gasteiger partial charge in [-0.1, -0.05) is 108 Å². The normalized spacial score (nSPS) is 23.3. The van der Waals surface area contributed by atoms with Crippen molar-refractivity contribution in [1.29, 1.82) is 0 Å². The summed E-state index contributed by atoms with van der Waals surface area (Å²) in [6.07, 6.45) is 22.8. The third kappa shape index (κ3) is 7.61. The van der Waals surface area contributed by atoms with Crippen molar-refractivity contribution in [3.8, 4) is 0 Å². The largest absolute Gasteiger partial charge is 0.466 e. The van der Waals surface area contributed by atoms with Crippen molar-refractivity contribution in [3.05, 3.63) is 0 Å². The topological polar surface area (TPSA) is 26.3 Å². The molecule has 0 radical (unpaired) electrons. The summed E-state index contributed by atoms with van der Waals surface area (Å²) in [7, 11) is 0. The molecule has 0 aromatic heterocycles. The van der Waals surface area contributed by atoms with E-state index in [1.165, 1.54) is 77.5 Å². The van der Waals surface area contributed by atoms with E-state index >= 15 is 0 Å². The van der Waals surface area contributed by atoms with Crippen LogP contribution in [0, 0.1) is 0 Å². The van der Waals surface area contributed by atoms with E-state index < -0.39 is 0 Å². The smallest absolute Gasteiger partial charge is 0.302 e. The van der Waals surface area contributed by atoms with E-state index in [0.29, 0.717) is 6.61 Å². The molecule has 0 atom stereocenters. The SMILES string of the molecule is CC(=O)OCCCCCCCCCCCB1C2CCCC1CCC2. The van der Waals surface area contributed by atoms with E-state index in [9.17, 15) is 4.79 Å². The third-order valence-electron chi connectivity index (χ3n) is 6.50. The summed E-state index contributed by atoms with van der Waals surface area (Å²) < 4.78 is 4.95. The van der Waals surface area contributed by atoms with Gasteiger partial charge in [0.2, 0.25) is 0 Å². The average Bonchev–Trinajstić information content (AvgIpc) is 2.55. The molecule has 24 heavy (non-hydrogen) atoms. The lowest BCUT2D eigenvalue weighted by Gasteiger charge is -2.40. The van der Waals surface area contributed by atoms with Gasteiger partial charge < -0.3 is 4.74 Å². The van der Waals surface area contributed by atoms with Crippen LogP contribution in [0.5, 0.6) is 0 Å². The van der Waals surface area contributed by atoms with E-state index in [1.54, 1.807) is 25.7 Å². The predicted molar refractivity (Wildman–Crippen MR) is 104 cm³/mol. The molecule has 0 unspecified atom stereocenters. The van der Waals surface area contributed by atoms with Crippen molar-refractivity contribution < 1.29 is 9.53 Å². The average molecular weight is 334 g/mol. The lowest BCUT2D eigenvalue weighted by atomic mass is 9.26. The minimum atomic E-state index is -0.146. The fourth-order valence-corrected chi connectivity index (χ4v) is 5.22. The number of ether oxygens (including phenoxy) is 1. The second-order valence-electron chi connectivity index (χ2n) is 8.36. The molecule has 0 aliphatic carbocycles. The fraction of sp³-hybridized carbons (Fsp3) is 0.952. The molecule has 0 saturated carbocycles. The van der Waals surface area contributed by atoms with Gasteiger partial charge in [-0.15, -0.1) is 0 Å². The van der Waals surface area contributed by atoms with Crippen molar-refractivity contribution >= 4 is 12.7 Å². The summed E-state index contributed by atoms with van der Waals surface area (Å²) in [6, 6.07) is 0. The zero-order chi connectivity index (χ0) is 17.0. The van der Waals surface area contributed by atoms with Crippen LogP contribution in [0.2, 0.25) is 18.0 Å². The molecule has 0 amide bonds. The molecule has 2 aliphatic heterocycles. The maximum Gasteiger partial charge on any atom is 0.302 e. The van der Waals surface area contributed by atoms with Gasteiger partial charge in [-0.05, 0) is 6.42 Å². The Labute approximate surface area is 150 Å². The Balaban J connectivity index is 1.36. The van der Waals surface area contributed by atoms with Crippen LogP contribution < -0.4 is 0 Å². The van der Waals surface area contributed by atoms with Crippen LogP contribution in [0.3, 0.4) is 0 Å². The maximum atomic E-state index is 10.6. The number of carbonyl (C=O) groups excluding carboxylic acids is 1. The molecular formula is C21H39BO2. The lowest BCUT2D eigenvalue weighted by molar-refractivity contribution is -0.141. The lowest BCUT2D eigenvalue weighted by Crippen LogP contribution is -2.34. The van der Waals surface area contributed by atoms with E-state index in [1.807, 2.05) is 0 Å². The Kier molecular flexibility index (Phi) is 9.91. The summed E-state index contributed by atoms with van der Waals surface area (Å²) in [5.41, 5.74) is 0. The molecule has 0 aromatic carbocycles. The molecule has 2 bridgehead atoms. The number of hydrogen-bond donors (Lipinski definition) is 0. The quantitative estimate of drug-likeness (QED) is 0.226. The molecular weight excluding hydrogens is 295 g/mol. The molecule has 138 valence electrons. The first-order valence-electron chi connectivity index (χ1n) is 10.9. The molecule has 0 spiro atoms.